The zero-order valence-corrected chi connectivity index (χ0v) is 14.9. The van der Waals surface area contributed by atoms with Gasteiger partial charge in [0.2, 0.25) is 0 Å². The van der Waals surface area contributed by atoms with E-state index in [4.69, 9.17) is 9.31 Å². The molecular formula is C18H28BF3O2. The normalized spacial score (nSPS) is 38.4. The zero-order chi connectivity index (χ0) is 17.8. The summed E-state index contributed by atoms with van der Waals surface area (Å²) in [4.78, 5) is 0. The van der Waals surface area contributed by atoms with Gasteiger partial charge in [-0.3, -0.25) is 0 Å². The van der Waals surface area contributed by atoms with Gasteiger partial charge in [-0.25, -0.2) is 0 Å². The molecule has 0 amide bonds. The van der Waals surface area contributed by atoms with Gasteiger partial charge < -0.3 is 9.31 Å². The van der Waals surface area contributed by atoms with Crippen molar-refractivity contribution in [2.75, 3.05) is 0 Å². The molecule has 5 atom stereocenters. The van der Waals surface area contributed by atoms with E-state index in [9.17, 15) is 13.2 Å². The van der Waals surface area contributed by atoms with Gasteiger partial charge in [-0.05, 0) is 56.3 Å². The number of unbranched alkanes of at least 4 members (excludes halogenated alkanes) is 2. The number of allylic oxidation sites excluding steroid dienone is 1. The van der Waals surface area contributed by atoms with Gasteiger partial charge in [0.05, 0.1) is 17.5 Å². The van der Waals surface area contributed by atoms with Crippen LogP contribution in [-0.2, 0) is 9.31 Å². The van der Waals surface area contributed by atoms with Crippen molar-refractivity contribution in [2.24, 2.45) is 17.3 Å². The zero-order valence-electron chi connectivity index (χ0n) is 14.9. The molecule has 0 radical (unpaired) electrons. The number of alkyl halides is 3. The van der Waals surface area contributed by atoms with Gasteiger partial charge in [0, 0.05) is 0 Å². The molecular weight excluding hydrogens is 316 g/mol. The Balaban J connectivity index is 1.71. The molecule has 4 unspecified atom stereocenters. The topological polar surface area (TPSA) is 18.5 Å². The lowest BCUT2D eigenvalue weighted by molar-refractivity contribution is -0.199. The highest BCUT2D eigenvalue weighted by molar-refractivity contribution is 6.47. The van der Waals surface area contributed by atoms with E-state index in [0.717, 1.165) is 25.7 Å². The molecule has 1 saturated heterocycles. The van der Waals surface area contributed by atoms with Gasteiger partial charge in [0.1, 0.15) is 0 Å². The fourth-order valence-electron chi connectivity index (χ4n) is 5.18. The Morgan fingerprint density at radius 3 is 2.54 bits per heavy atom. The summed E-state index contributed by atoms with van der Waals surface area (Å²) in [5.74, 6) is -0.710. The van der Waals surface area contributed by atoms with Crippen molar-refractivity contribution < 1.29 is 22.5 Å². The average Bonchev–Trinajstić information content (AvgIpc) is 2.81. The van der Waals surface area contributed by atoms with Crippen molar-refractivity contribution in [1.29, 1.82) is 0 Å². The molecule has 3 saturated carbocycles. The molecule has 4 fully saturated rings. The number of halogens is 3. The second-order valence-electron chi connectivity index (χ2n) is 8.56. The Kier molecular flexibility index (Phi) is 4.61. The molecule has 6 heteroatoms. The number of hydrogen-bond donors (Lipinski definition) is 0. The minimum Gasteiger partial charge on any atom is -0.405 e. The monoisotopic (exact) mass is 344 g/mol. The summed E-state index contributed by atoms with van der Waals surface area (Å²) < 4.78 is 52.6. The molecule has 0 aromatic carbocycles. The second kappa shape index (κ2) is 6.05. The molecule has 0 aromatic rings. The number of rotatable bonds is 6. The molecule has 2 nitrogen and oxygen atoms in total. The maximum absolute atomic E-state index is 13.6. The van der Waals surface area contributed by atoms with Gasteiger partial charge in [-0.1, -0.05) is 26.3 Å². The van der Waals surface area contributed by atoms with Gasteiger partial charge >= 0.3 is 13.3 Å². The van der Waals surface area contributed by atoms with E-state index < -0.39 is 24.7 Å². The Bertz CT molecular complexity index is 493. The van der Waals surface area contributed by atoms with Crippen LogP contribution in [0.15, 0.2) is 12.7 Å². The van der Waals surface area contributed by atoms with Crippen molar-refractivity contribution in [3.05, 3.63) is 12.7 Å². The lowest BCUT2D eigenvalue weighted by atomic mass is 9.43. The van der Waals surface area contributed by atoms with E-state index in [2.05, 4.69) is 20.4 Å². The van der Waals surface area contributed by atoms with E-state index in [1.54, 1.807) is 6.08 Å². The average molecular weight is 344 g/mol. The summed E-state index contributed by atoms with van der Waals surface area (Å²) in [5, 5.41) is 0. The fraction of sp³-hybridized carbons (Fsp3) is 0.889. The van der Waals surface area contributed by atoms with E-state index in [1.807, 2.05) is 6.92 Å². The Hall–Kier alpha value is -0.485. The summed E-state index contributed by atoms with van der Waals surface area (Å²) in [6.07, 6.45) is 1.16. The number of hydrogen-bond acceptors (Lipinski definition) is 2. The summed E-state index contributed by atoms with van der Waals surface area (Å²) in [5.41, 5.74) is -0.436. The summed E-state index contributed by atoms with van der Waals surface area (Å²) in [6.45, 7) is 10.00. The molecule has 4 rings (SSSR count). The third-order valence-electron chi connectivity index (χ3n) is 6.89. The predicted octanol–water partition coefficient (Wildman–Crippen LogP) is 5.39. The first-order chi connectivity index (χ1) is 11.1. The van der Waals surface area contributed by atoms with Crippen molar-refractivity contribution in [2.45, 2.75) is 83.0 Å². The minimum absolute atomic E-state index is 0.0578. The smallest absolute Gasteiger partial charge is 0.405 e. The first-order valence-electron chi connectivity index (χ1n) is 9.11. The molecule has 1 aliphatic heterocycles. The highest BCUT2D eigenvalue weighted by Crippen LogP contribution is 2.66. The highest BCUT2D eigenvalue weighted by atomic mass is 19.4. The van der Waals surface area contributed by atoms with E-state index >= 15 is 0 Å². The maximum atomic E-state index is 13.6. The molecule has 136 valence electrons. The highest BCUT2D eigenvalue weighted by Gasteiger charge is 2.69. The van der Waals surface area contributed by atoms with Crippen LogP contribution in [-0.4, -0.2) is 25.0 Å². The predicted molar refractivity (Wildman–Crippen MR) is 88.6 cm³/mol. The molecule has 0 spiro atoms. The third kappa shape index (κ3) is 2.84. The largest absolute Gasteiger partial charge is 0.470 e. The second-order valence-corrected chi connectivity index (χ2v) is 8.56. The SMILES string of the molecule is C=CCCCC[C@@H](B1OC2CC3CC(C3(C)C)C2(C)O1)C(F)(F)F. The van der Waals surface area contributed by atoms with Crippen molar-refractivity contribution >= 4 is 7.12 Å². The fourth-order valence-corrected chi connectivity index (χ4v) is 5.18. The van der Waals surface area contributed by atoms with E-state index in [-0.39, 0.29) is 23.9 Å². The van der Waals surface area contributed by atoms with Gasteiger partial charge in [-0.2, -0.15) is 13.2 Å². The van der Waals surface area contributed by atoms with Crippen molar-refractivity contribution in [3.63, 3.8) is 0 Å². The van der Waals surface area contributed by atoms with Crippen LogP contribution in [0.2, 0.25) is 5.82 Å². The molecule has 0 N–H and O–H groups in total. The Morgan fingerprint density at radius 1 is 1.25 bits per heavy atom. The Morgan fingerprint density at radius 2 is 1.96 bits per heavy atom. The van der Waals surface area contributed by atoms with Crippen LogP contribution in [0.1, 0.15) is 59.3 Å². The van der Waals surface area contributed by atoms with Crippen LogP contribution in [0.5, 0.6) is 0 Å². The van der Waals surface area contributed by atoms with Crippen LogP contribution in [0.4, 0.5) is 13.2 Å². The first kappa shape index (κ1) is 18.3. The van der Waals surface area contributed by atoms with Gasteiger partial charge in [0.25, 0.3) is 0 Å². The van der Waals surface area contributed by atoms with Crippen molar-refractivity contribution in [1.82, 2.24) is 0 Å². The van der Waals surface area contributed by atoms with Crippen LogP contribution in [0.3, 0.4) is 0 Å². The lowest BCUT2D eigenvalue weighted by Gasteiger charge is -2.64. The van der Waals surface area contributed by atoms with Crippen LogP contribution >= 0.6 is 0 Å². The molecule has 3 aliphatic carbocycles. The molecule has 1 heterocycles. The maximum Gasteiger partial charge on any atom is 0.470 e. The lowest BCUT2D eigenvalue weighted by Crippen LogP contribution is -2.65. The van der Waals surface area contributed by atoms with Crippen LogP contribution in [0.25, 0.3) is 0 Å². The van der Waals surface area contributed by atoms with E-state index in [1.165, 1.54) is 0 Å². The van der Waals surface area contributed by atoms with Crippen LogP contribution in [0, 0.1) is 17.3 Å². The first-order valence-corrected chi connectivity index (χ1v) is 9.11. The standard InChI is InChI=1S/C18H28BF3O2/c1-5-6-7-8-9-14(18(20,21)22)19-23-15-11-12-10-13(16(12,2)3)17(15,4)24-19/h5,12-15H,1,6-11H2,2-4H3/t12?,13?,14-,15?,17?/m1/s1. The summed E-state index contributed by atoms with van der Waals surface area (Å²) in [7, 11) is -1.15. The summed E-state index contributed by atoms with van der Waals surface area (Å²) >= 11 is 0. The molecule has 24 heavy (non-hydrogen) atoms. The molecule has 4 aliphatic rings. The Labute approximate surface area is 143 Å². The minimum atomic E-state index is -4.29. The molecule has 0 aromatic heterocycles. The van der Waals surface area contributed by atoms with E-state index in [0.29, 0.717) is 12.3 Å². The third-order valence-corrected chi connectivity index (χ3v) is 6.89. The van der Waals surface area contributed by atoms with Crippen molar-refractivity contribution in [3.8, 4) is 0 Å². The van der Waals surface area contributed by atoms with Crippen LogP contribution < -0.4 is 0 Å². The van der Waals surface area contributed by atoms with Gasteiger partial charge in [-0.15, -0.1) is 6.58 Å². The van der Waals surface area contributed by atoms with Gasteiger partial charge in [0.15, 0.2) is 0 Å². The summed E-state index contributed by atoms with van der Waals surface area (Å²) in [6, 6.07) is 0. The quantitative estimate of drug-likeness (QED) is 0.365. The molecule has 2 bridgehead atoms.